The minimum Gasteiger partial charge on any atom is -0.382 e. The van der Waals surface area contributed by atoms with Gasteiger partial charge >= 0.3 is 0 Å². The molecule has 1 aromatic carbocycles. The molecule has 0 saturated carbocycles. The highest BCUT2D eigenvalue weighted by Crippen LogP contribution is 2.20. The molecule has 0 radical (unpaired) electrons. The molecule has 0 fully saturated rings. The van der Waals surface area contributed by atoms with Gasteiger partial charge in [-0.05, 0) is 61.8 Å². The van der Waals surface area contributed by atoms with E-state index in [0.29, 0.717) is 12.1 Å². The summed E-state index contributed by atoms with van der Waals surface area (Å²) in [5.41, 5.74) is 2.46. The minimum atomic E-state index is 0.572. The van der Waals surface area contributed by atoms with E-state index in [1.165, 1.54) is 37.1 Å². The van der Waals surface area contributed by atoms with Gasteiger partial charge in [0.15, 0.2) is 0 Å². The highest BCUT2D eigenvalue weighted by atomic mass is 14.9. The fourth-order valence-electron chi connectivity index (χ4n) is 2.93. The zero-order chi connectivity index (χ0) is 16.5. The molecule has 1 aromatic rings. The molecule has 0 spiro atoms. The smallest absolute Gasteiger partial charge is 0.0343 e. The van der Waals surface area contributed by atoms with E-state index in [0.717, 1.165) is 11.8 Å². The minimum absolute atomic E-state index is 0.572. The lowest BCUT2D eigenvalue weighted by atomic mass is 10.0. The van der Waals surface area contributed by atoms with Crippen molar-refractivity contribution < 1.29 is 0 Å². The molecule has 1 rings (SSSR count). The Kier molecular flexibility index (Phi) is 8.37. The molecule has 2 heteroatoms. The summed E-state index contributed by atoms with van der Waals surface area (Å²) >= 11 is 0. The third kappa shape index (κ3) is 7.20. The molecule has 0 aliphatic heterocycles. The Morgan fingerprint density at radius 3 is 1.23 bits per heavy atom. The van der Waals surface area contributed by atoms with Crippen molar-refractivity contribution in [2.75, 3.05) is 10.6 Å². The van der Waals surface area contributed by atoms with Crippen molar-refractivity contribution in [3.63, 3.8) is 0 Å². The topological polar surface area (TPSA) is 24.1 Å². The average Bonchev–Trinajstić information content (AvgIpc) is 2.46. The molecule has 22 heavy (non-hydrogen) atoms. The van der Waals surface area contributed by atoms with Crippen LogP contribution in [0.25, 0.3) is 0 Å². The number of nitrogens with one attached hydrogen (secondary N) is 2. The molecule has 0 saturated heterocycles. The molecular weight excluding hydrogens is 268 g/mol. The Morgan fingerprint density at radius 1 is 0.682 bits per heavy atom. The quantitative estimate of drug-likeness (QED) is 0.541. The first-order valence-corrected chi connectivity index (χ1v) is 9.07. The molecule has 2 unspecified atom stereocenters. The van der Waals surface area contributed by atoms with Crippen LogP contribution in [-0.2, 0) is 0 Å². The Hall–Kier alpha value is -1.18. The molecule has 0 bridgehead atoms. The fraction of sp³-hybridized carbons (Fsp3) is 0.700. The summed E-state index contributed by atoms with van der Waals surface area (Å²) in [6.07, 6.45) is 4.79. The van der Waals surface area contributed by atoms with Crippen LogP contribution in [0.3, 0.4) is 0 Å². The third-order valence-electron chi connectivity index (χ3n) is 4.12. The molecule has 0 amide bonds. The van der Waals surface area contributed by atoms with Crippen LogP contribution in [0.4, 0.5) is 11.4 Å². The van der Waals surface area contributed by atoms with Gasteiger partial charge in [0.25, 0.3) is 0 Å². The standard InChI is InChI=1S/C20H36N2/c1-7-17(13-15(3)4)21-19-9-11-20(12-10-19)22-18(8-2)14-16(5)6/h9-12,15-18,21-22H,7-8,13-14H2,1-6H3. The first-order chi connectivity index (χ1) is 10.4. The van der Waals surface area contributed by atoms with Crippen LogP contribution >= 0.6 is 0 Å². The normalized spacial score (nSPS) is 14.2. The first-order valence-electron chi connectivity index (χ1n) is 9.07. The van der Waals surface area contributed by atoms with Crippen molar-refractivity contribution in [1.82, 2.24) is 0 Å². The van der Waals surface area contributed by atoms with Crippen LogP contribution in [0.15, 0.2) is 24.3 Å². The number of benzene rings is 1. The second kappa shape index (κ2) is 9.76. The van der Waals surface area contributed by atoms with E-state index in [1.54, 1.807) is 0 Å². The highest BCUT2D eigenvalue weighted by molar-refractivity contribution is 5.54. The van der Waals surface area contributed by atoms with Crippen molar-refractivity contribution >= 4 is 11.4 Å². The van der Waals surface area contributed by atoms with E-state index in [-0.39, 0.29) is 0 Å². The first kappa shape index (κ1) is 18.9. The predicted molar refractivity (Wildman–Crippen MR) is 101 cm³/mol. The summed E-state index contributed by atoms with van der Waals surface area (Å²) in [6.45, 7) is 13.7. The van der Waals surface area contributed by atoms with Crippen LogP contribution < -0.4 is 10.6 Å². The third-order valence-corrected chi connectivity index (χ3v) is 4.12. The lowest BCUT2D eigenvalue weighted by Crippen LogP contribution is -2.21. The van der Waals surface area contributed by atoms with Gasteiger partial charge in [-0.2, -0.15) is 0 Å². The van der Waals surface area contributed by atoms with Gasteiger partial charge in [-0.1, -0.05) is 41.5 Å². The van der Waals surface area contributed by atoms with E-state index >= 15 is 0 Å². The van der Waals surface area contributed by atoms with Gasteiger partial charge in [0.1, 0.15) is 0 Å². The monoisotopic (exact) mass is 304 g/mol. The zero-order valence-electron chi connectivity index (χ0n) is 15.4. The van der Waals surface area contributed by atoms with Gasteiger partial charge in [-0.15, -0.1) is 0 Å². The summed E-state index contributed by atoms with van der Waals surface area (Å²) in [5, 5.41) is 7.32. The zero-order valence-corrected chi connectivity index (χ0v) is 15.4. The molecule has 126 valence electrons. The van der Waals surface area contributed by atoms with E-state index in [1.807, 2.05) is 0 Å². The van der Waals surface area contributed by atoms with Crippen LogP contribution in [0, 0.1) is 11.8 Å². The summed E-state index contributed by atoms with van der Waals surface area (Å²) in [4.78, 5) is 0. The second-order valence-electron chi connectivity index (χ2n) is 7.34. The molecule has 0 heterocycles. The molecule has 2 nitrogen and oxygen atoms in total. The number of hydrogen-bond acceptors (Lipinski definition) is 2. The Morgan fingerprint density at radius 2 is 1.00 bits per heavy atom. The molecule has 0 aromatic heterocycles. The van der Waals surface area contributed by atoms with Crippen molar-refractivity contribution in [2.45, 2.75) is 79.3 Å². The fourth-order valence-corrected chi connectivity index (χ4v) is 2.93. The lowest BCUT2D eigenvalue weighted by Gasteiger charge is -2.22. The lowest BCUT2D eigenvalue weighted by molar-refractivity contribution is 0.507. The SMILES string of the molecule is CCC(CC(C)C)Nc1ccc(NC(CC)CC(C)C)cc1. The average molecular weight is 305 g/mol. The molecule has 2 N–H and O–H groups in total. The molecule has 0 aliphatic rings. The summed E-state index contributed by atoms with van der Waals surface area (Å²) in [5.74, 6) is 1.47. The summed E-state index contributed by atoms with van der Waals surface area (Å²) < 4.78 is 0. The maximum absolute atomic E-state index is 3.66. The predicted octanol–water partition coefficient (Wildman–Crippen LogP) is 6.16. The van der Waals surface area contributed by atoms with Crippen LogP contribution in [0.2, 0.25) is 0 Å². The Balaban J connectivity index is 2.58. The van der Waals surface area contributed by atoms with Crippen molar-refractivity contribution in [3.8, 4) is 0 Å². The maximum Gasteiger partial charge on any atom is 0.0343 e. The van der Waals surface area contributed by atoms with Gasteiger partial charge in [0.05, 0.1) is 0 Å². The van der Waals surface area contributed by atoms with Crippen molar-refractivity contribution in [2.24, 2.45) is 11.8 Å². The van der Waals surface area contributed by atoms with E-state index in [2.05, 4.69) is 76.4 Å². The van der Waals surface area contributed by atoms with E-state index < -0.39 is 0 Å². The van der Waals surface area contributed by atoms with Crippen LogP contribution in [-0.4, -0.2) is 12.1 Å². The Bertz CT molecular complexity index is 356. The highest BCUT2D eigenvalue weighted by Gasteiger charge is 2.10. The van der Waals surface area contributed by atoms with Gasteiger partial charge in [-0.25, -0.2) is 0 Å². The Labute approximate surface area is 138 Å². The van der Waals surface area contributed by atoms with E-state index in [9.17, 15) is 0 Å². The molecule has 0 aliphatic carbocycles. The molecular formula is C20H36N2. The summed E-state index contributed by atoms with van der Waals surface area (Å²) in [7, 11) is 0. The largest absolute Gasteiger partial charge is 0.382 e. The number of anilines is 2. The van der Waals surface area contributed by atoms with Crippen LogP contribution in [0.5, 0.6) is 0 Å². The second-order valence-corrected chi connectivity index (χ2v) is 7.34. The van der Waals surface area contributed by atoms with E-state index in [4.69, 9.17) is 0 Å². The number of rotatable bonds is 10. The van der Waals surface area contributed by atoms with Crippen molar-refractivity contribution in [3.05, 3.63) is 24.3 Å². The van der Waals surface area contributed by atoms with Gasteiger partial charge in [0.2, 0.25) is 0 Å². The van der Waals surface area contributed by atoms with Gasteiger partial charge in [0, 0.05) is 23.5 Å². The molecule has 2 atom stereocenters. The van der Waals surface area contributed by atoms with Gasteiger partial charge in [-0.3, -0.25) is 0 Å². The maximum atomic E-state index is 3.66. The summed E-state index contributed by atoms with van der Waals surface area (Å²) in [6, 6.07) is 9.95. The van der Waals surface area contributed by atoms with Gasteiger partial charge < -0.3 is 10.6 Å². The number of hydrogen-bond donors (Lipinski definition) is 2. The van der Waals surface area contributed by atoms with Crippen LogP contribution in [0.1, 0.15) is 67.2 Å². The van der Waals surface area contributed by atoms with Crippen molar-refractivity contribution in [1.29, 1.82) is 0 Å².